The van der Waals surface area contributed by atoms with Crippen LogP contribution in [-0.4, -0.2) is 22.3 Å². The van der Waals surface area contributed by atoms with Gasteiger partial charge < -0.3 is 9.30 Å². The van der Waals surface area contributed by atoms with Gasteiger partial charge in [0.25, 0.3) is 0 Å². The van der Waals surface area contributed by atoms with Crippen LogP contribution in [0.5, 0.6) is 0 Å². The van der Waals surface area contributed by atoms with Crippen LogP contribution in [0.1, 0.15) is 32.4 Å². The Morgan fingerprint density at radius 3 is 2.95 bits per heavy atom. The van der Waals surface area contributed by atoms with Gasteiger partial charge in [0, 0.05) is 7.05 Å². The molecular weight excluding hydrogens is 254 g/mol. The highest BCUT2D eigenvalue weighted by atomic mass is 16.5. The standard InChI is InChI=1S/C15H21N3O2/c1-11(2)10-20-15(19)17-14-16-9-13(18(14)3)12-7-5-4-6-8-12/h5,7-9,11H,4,6,10H2,1-3H3,(H,16,17,19). The van der Waals surface area contributed by atoms with Crippen molar-refractivity contribution in [3.63, 3.8) is 0 Å². The van der Waals surface area contributed by atoms with Crippen LogP contribution < -0.4 is 5.32 Å². The maximum atomic E-state index is 11.6. The number of nitrogens with one attached hydrogen (secondary N) is 1. The molecule has 1 amide bonds. The third-order valence-corrected chi connectivity index (χ3v) is 3.04. The molecule has 0 saturated heterocycles. The average molecular weight is 275 g/mol. The molecule has 5 heteroatoms. The van der Waals surface area contributed by atoms with Gasteiger partial charge in [-0.1, -0.05) is 32.1 Å². The van der Waals surface area contributed by atoms with Gasteiger partial charge in [-0.2, -0.15) is 0 Å². The Balaban J connectivity index is 2.03. The maximum absolute atomic E-state index is 11.6. The van der Waals surface area contributed by atoms with Crippen LogP contribution in [0, 0.1) is 5.92 Å². The van der Waals surface area contributed by atoms with Crippen molar-refractivity contribution in [3.8, 4) is 0 Å². The summed E-state index contributed by atoms with van der Waals surface area (Å²) in [4.78, 5) is 15.9. The zero-order valence-corrected chi connectivity index (χ0v) is 12.2. The molecule has 0 unspecified atom stereocenters. The average Bonchev–Trinajstić information content (AvgIpc) is 2.79. The van der Waals surface area contributed by atoms with Crippen molar-refractivity contribution in [2.75, 3.05) is 11.9 Å². The highest BCUT2D eigenvalue weighted by molar-refractivity contribution is 5.83. The van der Waals surface area contributed by atoms with Crippen LogP contribution in [-0.2, 0) is 11.8 Å². The molecule has 0 saturated carbocycles. The first-order valence-electron chi connectivity index (χ1n) is 6.90. The van der Waals surface area contributed by atoms with E-state index in [-0.39, 0.29) is 0 Å². The van der Waals surface area contributed by atoms with Crippen LogP contribution in [0.4, 0.5) is 10.7 Å². The summed E-state index contributed by atoms with van der Waals surface area (Å²) < 4.78 is 6.94. The number of ether oxygens (including phenoxy) is 1. The Morgan fingerprint density at radius 2 is 2.30 bits per heavy atom. The van der Waals surface area contributed by atoms with E-state index in [0.29, 0.717) is 18.5 Å². The van der Waals surface area contributed by atoms with Crippen LogP contribution in [0.25, 0.3) is 5.57 Å². The molecule has 0 radical (unpaired) electrons. The fraction of sp³-hybridized carbons (Fsp3) is 0.467. The molecule has 0 atom stereocenters. The molecule has 1 N–H and O–H groups in total. The van der Waals surface area contributed by atoms with Crippen molar-refractivity contribution < 1.29 is 9.53 Å². The molecule has 0 bridgehead atoms. The SMILES string of the molecule is CC(C)COC(=O)Nc1ncc(C2=CCCC=C2)n1C. The molecule has 108 valence electrons. The van der Waals surface area contributed by atoms with E-state index in [1.807, 2.05) is 25.5 Å². The zero-order valence-electron chi connectivity index (χ0n) is 12.2. The number of carbonyl (C=O) groups is 1. The summed E-state index contributed by atoms with van der Waals surface area (Å²) >= 11 is 0. The lowest BCUT2D eigenvalue weighted by Gasteiger charge is -2.11. The molecule has 1 heterocycles. The molecule has 2 rings (SSSR count). The maximum Gasteiger partial charge on any atom is 0.413 e. The lowest BCUT2D eigenvalue weighted by atomic mass is 10.1. The highest BCUT2D eigenvalue weighted by Gasteiger charge is 2.13. The zero-order chi connectivity index (χ0) is 14.5. The van der Waals surface area contributed by atoms with Gasteiger partial charge in [0.15, 0.2) is 0 Å². The van der Waals surface area contributed by atoms with Crippen molar-refractivity contribution in [2.45, 2.75) is 26.7 Å². The van der Waals surface area contributed by atoms with Crippen LogP contribution in [0.2, 0.25) is 0 Å². The molecular formula is C15H21N3O2. The Hall–Kier alpha value is -2.04. The monoisotopic (exact) mass is 275 g/mol. The van der Waals surface area contributed by atoms with Gasteiger partial charge in [-0.25, -0.2) is 9.78 Å². The number of imidazole rings is 1. The fourth-order valence-corrected chi connectivity index (χ4v) is 1.97. The van der Waals surface area contributed by atoms with Gasteiger partial charge in [-0.15, -0.1) is 0 Å². The number of anilines is 1. The predicted molar refractivity (Wildman–Crippen MR) is 79.4 cm³/mol. The van der Waals surface area contributed by atoms with Crippen molar-refractivity contribution in [1.29, 1.82) is 0 Å². The minimum absolute atomic E-state index is 0.315. The number of hydrogen-bond acceptors (Lipinski definition) is 3. The molecule has 1 aromatic rings. The van der Waals surface area contributed by atoms with Gasteiger partial charge >= 0.3 is 6.09 Å². The molecule has 0 aromatic carbocycles. The molecule has 0 fully saturated rings. The lowest BCUT2D eigenvalue weighted by molar-refractivity contribution is 0.147. The predicted octanol–water partition coefficient (Wildman–Crippen LogP) is 3.36. The van der Waals surface area contributed by atoms with E-state index in [4.69, 9.17) is 4.74 Å². The molecule has 1 aliphatic carbocycles. The number of rotatable bonds is 4. The number of allylic oxidation sites excluding steroid dienone is 4. The van der Waals surface area contributed by atoms with Crippen LogP contribution in [0.15, 0.2) is 24.4 Å². The first kappa shape index (κ1) is 14.4. The first-order chi connectivity index (χ1) is 9.58. The number of carbonyl (C=O) groups excluding carboxylic acids is 1. The second-order valence-corrected chi connectivity index (χ2v) is 5.28. The van der Waals surface area contributed by atoms with Crippen LogP contribution >= 0.6 is 0 Å². The Morgan fingerprint density at radius 1 is 1.50 bits per heavy atom. The van der Waals surface area contributed by atoms with Crippen molar-refractivity contribution in [2.24, 2.45) is 13.0 Å². The van der Waals surface area contributed by atoms with E-state index >= 15 is 0 Å². The summed E-state index contributed by atoms with van der Waals surface area (Å²) in [5.41, 5.74) is 2.12. The smallest absolute Gasteiger partial charge is 0.413 e. The fourth-order valence-electron chi connectivity index (χ4n) is 1.97. The summed E-state index contributed by atoms with van der Waals surface area (Å²) in [6.07, 6.45) is 9.82. The van der Waals surface area contributed by atoms with E-state index in [9.17, 15) is 4.79 Å². The van der Waals surface area contributed by atoms with E-state index in [2.05, 4.69) is 28.5 Å². The largest absolute Gasteiger partial charge is 0.449 e. The summed E-state index contributed by atoms with van der Waals surface area (Å²) in [6.45, 7) is 4.39. The topological polar surface area (TPSA) is 56.1 Å². The van der Waals surface area contributed by atoms with Gasteiger partial charge in [0.2, 0.25) is 5.95 Å². The Kier molecular flexibility index (Phi) is 4.61. The van der Waals surface area contributed by atoms with E-state index < -0.39 is 6.09 Å². The summed E-state index contributed by atoms with van der Waals surface area (Å²) in [5, 5.41) is 2.66. The molecule has 0 aliphatic heterocycles. The van der Waals surface area contributed by atoms with Gasteiger partial charge in [-0.05, 0) is 24.3 Å². The quantitative estimate of drug-likeness (QED) is 0.916. The van der Waals surface area contributed by atoms with E-state index in [1.165, 1.54) is 0 Å². The van der Waals surface area contributed by atoms with Crippen molar-refractivity contribution >= 4 is 17.6 Å². The number of hydrogen-bond donors (Lipinski definition) is 1. The van der Waals surface area contributed by atoms with Crippen molar-refractivity contribution in [3.05, 3.63) is 30.1 Å². The normalized spacial score (nSPS) is 14.3. The Labute approximate surface area is 119 Å². The van der Waals surface area contributed by atoms with E-state index in [0.717, 1.165) is 24.1 Å². The second-order valence-electron chi connectivity index (χ2n) is 5.28. The highest BCUT2D eigenvalue weighted by Crippen LogP contribution is 2.23. The molecule has 0 spiro atoms. The number of nitrogens with zero attached hydrogens (tertiary/aromatic N) is 2. The van der Waals surface area contributed by atoms with Crippen LogP contribution in [0.3, 0.4) is 0 Å². The molecule has 1 aromatic heterocycles. The molecule has 1 aliphatic rings. The van der Waals surface area contributed by atoms with E-state index in [1.54, 1.807) is 6.20 Å². The van der Waals surface area contributed by atoms with Gasteiger partial charge in [0.05, 0.1) is 18.5 Å². The van der Waals surface area contributed by atoms with Crippen molar-refractivity contribution in [1.82, 2.24) is 9.55 Å². The molecule has 5 nitrogen and oxygen atoms in total. The summed E-state index contributed by atoms with van der Waals surface area (Å²) in [5.74, 6) is 0.809. The molecule has 20 heavy (non-hydrogen) atoms. The third-order valence-electron chi connectivity index (χ3n) is 3.04. The van der Waals surface area contributed by atoms with Gasteiger partial charge in [-0.3, -0.25) is 5.32 Å². The first-order valence-corrected chi connectivity index (χ1v) is 6.90. The lowest BCUT2D eigenvalue weighted by Crippen LogP contribution is -2.19. The summed E-state index contributed by atoms with van der Waals surface area (Å²) in [6, 6.07) is 0. The Bertz CT molecular complexity index is 541. The number of aromatic nitrogens is 2. The summed E-state index contributed by atoms with van der Waals surface area (Å²) in [7, 11) is 1.88. The second kappa shape index (κ2) is 6.41. The third kappa shape index (κ3) is 3.50. The minimum atomic E-state index is -0.466. The number of amides is 1. The minimum Gasteiger partial charge on any atom is -0.449 e. The van der Waals surface area contributed by atoms with Gasteiger partial charge in [0.1, 0.15) is 0 Å².